The molecular weight excluding hydrogens is 174 g/mol. The lowest BCUT2D eigenvalue weighted by Crippen LogP contribution is -2.34. The lowest BCUT2D eigenvalue weighted by Gasteiger charge is -2.22. The van der Waals surface area contributed by atoms with E-state index in [1.807, 2.05) is 0 Å². The van der Waals surface area contributed by atoms with Gasteiger partial charge in [-0.1, -0.05) is 6.42 Å². The van der Waals surface area contributed by atoms with Gasteiger partial charge >= 0.3 is 0 Å². The number of aliphatic hydroxyl groups excluding tert-OH is 1. The fourth-order valence-electron chi connectivity index (χ4n) is 3.20. The van der Waals surface area contributed by atoms with Crippen molar-refractivity contribution in [2.75, 3.05) is 13.2 Å². The summed E-state index contributed by atoms with van der Waals surface area (Å²) in [7, 11) is 0. The molecule has 0 saturated heterocycles. The molecule has 0 aromatic carbocycles. The second-order valence-corrected chi connectivity index (χ2v) is 5.02. The third-order valence-electron chi connectivity index (χ3n) is 3.98. The number of nitrogens with one attached hydrogen (secondary N) is 1. The van der Waals surface area contributed by atoms with E-state index in [1.165, 1.54) is 38.5 Å². The van der Waals surface area contributed by atoms with E-state index in [4.69, 9.17) is 5.11 Å². The molecule has 2 N–H and O–H groups in total. The number of aliphatic hydroxyl groups is 1. The quantitative estimate of drug-likeness (QED) is 0.638. The Hall–Kier alpha value is -0.0800. The largest absolute Gasteiger partial charge is 0.396 e. The average Bonchev–Trinajstić information content (AvgIpc) is 2.79. The van der Waals surface area contributed by atoms with Gasteiger partial charge in [-0.15, -0.1) is 0 Å². The van der Waals surface area contributed by atoms with E-state index in [-0.39, 0.29) is 0 Å². The van der Waals surface area contributed by atoms with Crippen LogP contribution in [-0.4, -0.2) is 24.3 Å². The predicted octanol–water partition coefficient (Wildman–Crippen LogP) is 1.93. The zero-order chi connectivity index (χ0) is 9.80. The molecule has 0 radical (unpaired) electrons. The zero-order valence-corrected chi connectivity index (χ0v) is 9.04. The lowest BCUT2D eigenvalue weighted by atomic mass is 9.95. The Balaban J connectivity index is 1.54. The maximum absolute atomic E-state index is 8.64. The molecule has 2 saturated carbocycles. The SMILES string of the molecule is OCCCCCNC1CC2CCC1C2. The Labute approximate surface area is 87.1 Å². The van der Waals surface area contributed by atoms with Crippen molar-refractivity contribution in [3.63, 3.8) is 0 Å². The van der Waals surface area contributed by atoms with Crippen molar-refractivity contribution in [2.24, 2.45) is 11.8 Å². The Morgan fingerprint density at radius 2 is 2.00 bits per heavy atom. The first-order chi connectivity index (χ1) is 6.90. The molecule has 3 unspecified atom stereocenters. The number of hydrogen-bond acceptors (Lipinski definition) is 2. The molecule has 2 aliphatic rings. The summed E-state index contributed by atoms with van der Waals surface area (Å²) in [5.74, 6) is 2.05. The maximum Gasteiger partial charge on any atom is 0.0431 e. The zero-order valence-electron chi connectivity index (χ0n) is 9.04. The van der Waals surface area contributed by atoms with Gasteiger partial charge in [0.05, 0.1) is 0 Å². The Kier molecular flexibility index (Phi) is 3.82. The molecule has 2 bridgehead atoms. The van der Waals surface area contributed by atoms with Crippen LogP contribution in [0.4, 0.5) is 0 Å². The van der Waals surface area contributed by atoms with Crippen molar-refractivity contribution in [1.29, 1.82) is 0 Å². The summed E-state index contributed by atoms with van der Waals surface area (Å²) < 4.78 is 0. The second-order valence-electron chi connectivity index (χ2n) is 5.02. The van der Waals surface area contributed by atoms with E-state index in [1.54, 1.807) is 0 Å². The van der Waals surface area contributed by atoms with E-state index < -0.39 is 0 Å². The van der Waals surface area contributed by atoms with Crippen LogP contribution in [0, 0.1) is 11.8 Å². The molecule has 2 heteroatoms. The normalized spacial score (nSPS) is 35.4. The molecule has 0 spiro atoms. The van der Waals surface area contributed by atoms with Crippen LogP contribution in [0.15, 0.2) is 0 Å². The van der Waals surface area contributed by atoms with Crippen LogP contribution in [0.25, 0.3) is 0 Å². The van der Waals surface area contributed by atoms with Crippen molar-refractivity contribution in [1.82, 2.24) is 5.32 Å². The van der Waals surface area contributed by atoms with Gasteiger partial charge in [0.15, 0.2) is 0 Å². The molecule has 2 aliphatic carbocycles. The van der Waals surface area contributed by atoms with Crippen LogP contribution in [0.3, 0.4) is 0 Å². The smallest absolute Gasteiger partial charge is 0.0431 e. The molecule has 0 amide bonds. The molecule has 0 heterocycles. The summed E-state index contributed by atoms with van der Waals surface area (Å²) in [4.78, 5) is 0. The Bertz CT molecular complexity index is 172. The second kappa shape index (κ2) is 5.13. The molecule has 0 aromatic heterocycles. The number of rotatable bonds is 6. The van der Waals surface area contributed by atoms with Gasteiger partial charge in [-0.2, -0.15) is 0 Å². The molecule has 0 aromatic rings. The van der Waals surface area contributed by atoms with Crippen molar-refractivity contribution in [3.05, 3.63) is 0 Å². The standard InChI is InChI=1S/C12H23NO/c14-7-3-1-2-6-13-12-9-10-4-5-11(12)8-10/h10-14H,1-9H2. The first kappa shape index (κ1) is 10.4. The van der Waals surface area contributed by atoms with E-state index in [9.17, 15) is 0 Å². The van der Waals surface area contributed by atoms with Crippen molar-refractivity contribution in [2.45, 2.75) is 51.0 Å². The average molecular weight is 197 g/mol. The van der Waals surface area contributed by atoms with E-state index in [2.05, 4.69) is 5.32 Å². The van der Waals surface area contributed by atoms with Gasteiger partial charge in [0.2, 0.25) is 0 Å². The molecule has 2 nitrogen and oxygen atoms in total. The number of unbranched alkanes of at least 4 members (excludes halogenated alkanes) is 2. The molecule has 14 heavy (non-hydrogen) atoms. The van der Waals surface area contributed by atoms with Gasteiger partial charge in [-0.25, -0.2) is 0 Å². The molecule has 2 fully saturated rings. The van der Waals surface area contributed by atoms with Gasteiger partial charge in [-0.05, 0) is 56.9 Å². The van der Waals surface area contributed by atoms with Gasteiger partial charge < -0.3 is 10.4 Å². The third-order valence-corrected chi connectivity index (χ3v) is 3.98. The monoisotopic (exact) mass is 197 g/mol. The van der Waals surface area contributed by atoms with Crippen molar-refractivity contribution >= 4 is 0 Å². The molecular formula is C12H23NO. The summed E-state index contributed by atoms with van der Waals surface area (Å²) in [5, 5.41) is 12.3. The maximum atomic E-state index is 8.64. The third kappa shape index (κ3) is 2.48. The van der Waals surface area contributed by atoms with E-state index in [0.29, 0.717) is 6.61 Å². The molecule has 2 rings (SSSR count). The molecule has 3 atom stereocenters. The number of fused-ring (bicyclic) bond motifs is 2. The minimum absolute atomic E-state index is 0.355. The van der Waals surface area contributed by atoms with Crippen LogP contribution in [0.5, 0.6) is 0 Å². The van der Waals surface area contributed by atoms with Gasteiger partial charge in [0.25, 0.3) is 0 Å². The summed E-state index contributed by atoms with van der Waals surface area (Å²) in [6, 6.07) is 0.836. The van der Waals surface area contributed by atoms with Crippen LogP contribution in [-0.2, 0) is 0 Å². The fraction of sp³-hybridized carbons (Fsp3) is 1.00. The summed E-state index contributed by atoms with van der Waals surface area (Å²) in [6.45, 7) is 1.52. The van der Waals surface area contributed by atoms with E-state index in [0.717, 1.165) is 30.8 Å². The minimum atomic E-state index is 0.355. The first-order valence-electron chi connectivity index (χ1n) is 6.24. The summed E-state index contributed by atoms with van der Waals surface area (Å²) in [5.41, 5.74) is 0. The highest BCUT2D eigenvalue weighted by Gasteiger charge is 2.38. The topological polar surface area (TPSA) is 32.3 Å². The summed E-state index contributed by atoms with van der Waals surface area (Å²) in [6.07, 6.45) is 9.27. The fourth-order valence-corrected chi connectivity index (χ4v) is 3.20. The lowest BCUT2D eigenvalue weighted by molar-refractivity contribution is 0.281. The predicted molar refractivity (Wildman–Crippen MR) is 58.2 cm³/mol. The van der Waals surface area contributed by atoms with Crippen molar-refractivity contribution < 1.29 is 5.11 Å². The molecule has 0 aliphatic heterocycles. The van der Waals surface area contributed by atoms with Crippen LogP contribution in [0.2, 0.25) is 0 Å². The highest BCUT2D eigenvalue weighted by molar-refractivity contribution is 4.93. The molecule has 82 valence electrons. The highest BCUT2D eigenvalue weighted by atomic mass is 16.2. The van der Waals surface area contributed by atoms with Crippen LogP contribution >= 0.6 is 0 Å². The first-order valence-corrected chi connectivity index (χ1v) is 6.24. The number of hydrogen-bond donors (Lipinski definition) is 2. The minimum Gasteiger partial charge on any atom is -0.396 e. The summed E-state index contributed by atoms with van der Waals surface area (Å²) >= 11 is 0. The Morgan fingerprint density at radius 3 is 2.64 bits per heavy atom. The van der Waals surface area contributed by atoms with Crippen molar-refractivity contribution in [3.8, 4) is 0 Å². The van der Waals surface area contributed by atoms with Crippen LogP contribution < -0.4 is 5.32 Å². The highest BCUT2D eigenvalue weighted by Crippen LogP contribution is 2.44. The Morgan fingerprint density at radius 1 is 1.07 bits per heavy atom. The van der Waals surface area contributed by atoms with E-state index >= 15 is 0 Å². The van der Waals surface area contributed by atoms with Gasteiger partial charge in [-0.3, -0.25) is 0 Å². The van der Waals surface area contributed by atoms with Crippen LogP contribution in [0.1, 0.15) is 44.9 Å². The van der Waals surface area contributed by atoms with Gasteiger partial charge in [0, 0.05) is 12.6 Å². The van der Waals surface area contributed by atoms with Gasteiger partial charge in [0.1, 0.15) is 0 Å².